The third-order valence-electron chi connectivity index (χ3n) is 5.21. The van der Waals surface area contributed by atoms with Gasteiger partial charge in [-0.2, -0.15) is 0 Å². The van der Waals surface area contributed by atoms with Crippen LogP contribution in [0.3, 0.4) is 0 Å². The number of H-pyrrole nitrogens is 1. The Hall–Kier alpha value is -2.93. The third-order valence-corrected chi connectivity index (χ3v) is 6.73. The largest absolute Gasteiger partial charge is 0.395 e. The van der Waals surface area contributed by atoms with Crippen LogP contribution in [0.2, 0.25) is 0 Å². The highest BCUT2D eigenvalue weighted by atomic mass is 32.2. The Morgan fingerprint density at radius 3 is 2.50 bits per heavy atom. The number of rotatable bonds is 7. The smallest absolute Gasteiger partial charge is 0.240 e. The molecule has 0 saturated heterocycles. The number of aliphatic hydroxyl groups is 1. The van der Waals surface area contributed by atoms with E-state index in [1.54, 1.807) is 18.2 Å². The lowest BCUT2D eigenvalue weighted by molar-refractivity contribution is 0.256. The van der Waals surface area contributed by atoms with Crippen LogP contribution in [0.4, 0.5) is 0 Å². The predicted molar refractivity (Wildman–Crippen MR) is 120 cm³/mol. The molecule has 6 heteroatoms. The van der Waals surface area contributed by atoms with Crippen molar-refractivity contribution < 1.29 is 13.5 Å². The molecule has 4 rings (SSSR count). The molecule has 0 amide bonds. The molecule has 0 aliphatic rings. The van der Waals surface area contributed by atoms with E-state index in [0.29, 0.717) is 6.42 Å². The summed E-state index contributed by atoms with van der Waals surface area (Å²) in [5.74, 6) is 0. The molecule has 1 heterocycles. The van der Waals surface area contributed by atoms with Crippen molar-refractivity contribution >= 4 is 20.9 Å². The van der Waals surface area contributed by atoms with E-state index >= 15 is 0 Å². The summed E-state index contributed by atoms with van der Waals surface area (Å²) in [6, 6.07) is 22.0. The second-order valence-corrected chi connectivity index (χ2v) is 9.17. The minimum absolute atomic E-state index is 0.179. The van der Waals surface area contributed by atoms with E-state index in [-0.39, 0.29) is 11.5 Å². The van der Waals surface area contributed by atoms with E-state index in [1.165, 1.54) is 0 Å². The molecular weight excluding hydrogens is 396 g/mol. The maximum absolute atomic E-state index is 13.0. The van der Waals surface area contributed by atoms with Crippen molar-refractivity contribution in [3.8, 4) is 11.1 Å². The average Bonchev–Trinajstić information content (AvgIpc) is 3.16. The van der Waals surface area contributed by atoms with Crippen molar-refractivity contribution in [2.45, 2.75) is 24.3 Å². The Morgan fingerprint density at radius 2 is 1.73 bits per heavy atom. The third kappa shape index (κ3) is 4.31. The fourth-order valence-electron chi connectivity index (χ4n) is 3.59. The molecule has 3 N–H and O–H groups in total. The quantitative estimate of drug-likeness (QED) is 0.422. The first-order valence-corrected chi connectivity index (χ1v) is 11.3. The van der Waals surface area contributed by atoms with Gasteiger partial charge in [0.15, 0.2) is 0 Å². The topological polar surface area (TPSA) is 82.2 Å². The van der Waals surface area contributed by atoms with E-state index in [4.69, 9.17) is 0 Å². The van der Waals surface area contributed by atoms with Crippen LogP contribution in [-0.4, -0.2) is 31.2 Å². The van der Waals surface area contributed by atoms with Gasteiger partial charge < -0.3 is 10.1 Å². The Morgan fingerprint density at radius 1 is 0.967 bits per heavy atom. The number of fused-ring (bicyclic) bond motifs is 1. The van der Waals surface area contributed by atoms with Crippen molar-refractivity contribution in [2.75, 3.05) is 6.61 Å². The van der Waals surface area contributed by atoms with E-state index in [1.807, 2.05) is 67.7 Å². The van der Waals surface area contributed by atoms with Crippen LogP contribution in [-0.2, 0) is 16.4 Å². The number of para-hydroxylation sites is 1. The van der Waals surface area contributed by atoms with Crippen molar-refractivity contribution in [3.63, 3.8) is 0 Å². The number of sulfonamides is 1. The summed E-state index contributed by atoms with van der Waals surface area (Å²) in [6.45, 7) is 1.72. The summed E-state index contributed by atoms with van der Waals surface area (Å²) in [5.41, 5.74) is 4.87. The molecule has 0 aliphatic carbocycles. The average molecular weight is 421 g/mol. The normalized spacial score (nSPS) is 12.9. The van der Waals surface area contributed by atoms with Crippen LogP contribution in [0.15, 0.2) is 83.9 Å². The number of hydrogen-bond donors (Lipinski definition) is 3. The second-order valence-electron chi connectivity index (χ2n) is 7.46. The van der Waals surface area contributed by atoms with Crippen LogP contribution < -0.4 is 4.72 Å². The van der Waals surface area contributed by atoms with Gasteiger partial charge in [0, 0.05) is 23.1 Å². The van der Waals surface area contributed by atoms with Gasteiger partial charge in [0.2, 0.25) is 10.0 Å². The molecule has 4 aromatic rings. The minimum Gasteiger partial charge on any atom is -0.395 e. The van der Waals surface area contributed by atoms with E-state index < -0.39 is 16.1 Å². The summed E-state index contributed by atoms with van der Waals surface area (Å²) in [5, 5.41) is 10.9. The molecule has 0 saturated carbocycles. The molecule has 0 bridgehead atoms. The predicted octanol–water partition coefficient (Wildman–Crippen LogP) is 4.03. The second kappa shape index (κ2) is 8.44. The van der Waals surface area contributed by atoms with Gasteiger partial charge >= 0.3 is 0 Å². The van der Waals surface area contributed by atoms with Crippen LogP contribution >= 0.6 is 0 Å². The number of hydrogen-bond acceptors (Lipinski definition) is 3. The lowest BCUT2D eigenvalue weighted by atomic mass is 10.0. The molecule has 0 fully saturated rings. The van der Waals surface area contributed by atoms with Crippen molar-refractivity contribution in [1.82, 2.24) is 9.71 Å². The van der Waals surface area contributed by atoms with Gasteiger partial charge in [-0.1, -0.05) is 60.2 Å². The molecule has 3 aromatic carbocycles. The number of aryl methyl sites for hydroxylation is 1. The zero-order valence-electron chi connectivity index (χ0n) is 16.7. The van der Waals surface area contributed by atoms with Crippen LogP contribution in [0.5, 0.6) is 0 Å². The van der Waals surface area contributed by atoms with Crippen LogP contribution in [0.1, 0.15) is 11.1 Å². The van der Waals surface area contributed by atoms with Gasteiger partial charge in [0.05, 0.1) is 11.5 Å². The fourth-order valence-corrected chi connectivity index (χ4v) is 4.86. The Kier molecular flexibility index (Phi) is 5.72. The Labute approximate surface area is 176 Å². The van der Waals surface area contributed by atoms with Crippen molar-refractivity contribution in [3.05, 3.63) is 90.1 Å². The van der Waals surface area contributed by atoms with Gasteiger partial charge in [-0.15, -0.1) is 0 Å². The van der Waals surface area contributed by atoms with Crippen molar-refractivity contribution in [2.24, 2.45) is 0 Å². The monoisotopic (exact) mass is 420 g/mol. The highest BCUT2D eigenvalue weighted by molar-refractivity contribution is 7.89. The minimum atomic E-state index is -3.79. The summed E-state index contributed by atoms with van der Waals surface area (Å²) >= 11 is 0. The molecule has 0 radical (unpaired) electrons. The zero-order chi connectivity index (χ0) is 21.1. The molecule has 0 aliphatic heterocycles. The number of benzene rings is 3. The van der Waals surface area contributed by atoms with Gasteiger partial charge in [0.25, 0.3) is 0 Å². The van der Waals surface area contributed by atoms with Crippen LogP contribution in [0, 0.1) is 6.92 Å². The van der Waals surface area contributed by atoms with E-state index in [9.17, 15) is 13.5 Å². The number of aromatic amines is 1. The van der Waals surface area contributed by atoms with Gasteiger partial charge in [-0.25, -0.2) is 13.1 Å². The van der Waals surface area contributed by atoms with Gasteiger partial charge in [-0.3, -0.25) is 0 Å². The first-order chi connectivity index (χ1) is 14.5. The maximum atomic E-state index is 13.0. The fraction of sp³-hybridized carbons (Fsp3) is 0.167. The summed E-state index contributed by atoms with van der Waals surface area (Å²) < 4.78 is 28.7. The maximum Gasteiger partial charge on any atom is 0.240 e. The van der Waals surface area contributed by atoms with E-state index in [2.05, 4.69) is 9.71 Å². The molecule has 0 unspecified atom stereocenters. The lowest BCUT2D eigenvalue weighted by Gasteiger charge is -2.17. The Balaban J connectivity index is 1.57. The first kappa shape index (κ1) is 20.3. The SMILES string of the molecule is Cc1ccc(-c2cccc(S(=O)(=O)N[C@@H](CO)Cc3c[nH]c4ccccc34)c2)cc1. The number of aromatic nitrogens is 1. The highest BCUT2D eigenvalue weighted by Gasteiger charge is 2.21. The highest BCUT2D eigenvalue weighted by Crippen LogP contribution is 2.24. The first-order valence-electron chi connectivity index (χ1n) is 9.81. The molecule has 0 spiro atoms. The number of nitrogens with one attached hydrogen (secondary N) is 2. The molecular formula is C24H24N2O3S. The molecule has 1 atom stereocenters. The van der Waals surface area contributed by atoms with E-state index in [0.717, 1.165) is 33.2 Å². The van der Waals surface area contributed by atoms with Crippen LogP contribution in [0.25, 0.3) is 22.0 Å². The molecule has 1 aromatic heterocycles. The summed E-state index contributed by atoms with van der Waals surface area (Å²) in [6.07, 6.45) is 2.25. The van der Waals surface area contributed by atoms with Crippen molar-refractivity contribution in [1.29, 1.82) is 0 Å². The molecule has 30 heavy (non-hydrogen) atoms. The number of aliphatic hydroxyl groups excluding tert-OH is 1. The lowest BCUT2D eigenvalue weighted by Crippen LogP contribution is -2.39. The van der Waals surface area contributed by atoms with Gasteiger partial charge in [-0.05, 0) is 48.2 Å². The zero-order valence-corrected chi connectivity index (χ0v) is 17.5. The Bertz CT molecular complexity index is 1260. The molecule has 154 valence electrons. The summed E-state index contributed by atoms with van der Waals surface area (Å²) in [7, 11) is -3.79. The summed E-state index contributed by atoms with van der Waals surface area (Å²) in [4.78, 5) is 3.36. The standard InChI is InChI=1S/C24H24N2O3S/c1-17-9-11-18(12-10-17)19-5-4-6-22(14-19)30(28,29)26-21(16-27)13-20-15-25-24-8-3-2-7-23(20)24/h2-12,14-15,21,25-27H,13,16H2,1H3/t21-/m1/s1. The molecule has 5 nitrogen and oxygen atoms in total. The van der Waals surface area contributed by atoms with Gasteiger partial charge in [0.1, 0.15) is 0 Å².